The zero-order chi connectivity index (χ0) is 17.1. The van der Waals surface area contributed by atoms with Crippen molar-refractivity contribution in [2.75, 3.05) is 19.1 Å². The minimum atomic E-state index is -1.06. The van der Waals surface area contributed by atoms with Crippen LogP contribution in [-0.2, 0) is 0 Å². The summed E-state index contributed by atoms with van der Waals surface area (Å²) in [5.41, 5.74) is 0.681. The smallest absolute Gasteiger partial charge is 0.360 e. The maximum atomic E-state index is 11.6. The normalized spacial score (nSPS) is 15.2. The van der Waals surface area contributed by atoms with Crippen LogP contribution in [0.15, 0.2) is 24.3 Å². The van der Waals surface area contributed by atoms with Crippen molar-refractivity contribution in [3.63, 3.8) is 0 Å². The van der Waals surface area contributed by atoms with Gasteiger partial charge < -0.3 is 14.7 Å². The lowest BCUT2D eigenvalue weighted by molar-refractivity contribution is 0.0690. The number of aromatic carboxylic acids is 1. The van der Waals surface area contributed by atoms with E-state index in [4.69, 9.17) is 4.74 Å². The predicted octanol–water partition coefficient (Wildman–Crippen LogP) is 2.74. The molecule has 128 valence electrons. The molecule has 1 aliphatic carbocycles. The summed E-state index contributed by atoms with van der Waals surface area (Å²) in [5.74, 6) is 0.0848. The quantitative estimate of drug-likeness (QED) is 0.908. The van der Waals surface area contributed by atoms with Crippen LogP contribution in [0.3, 0.4) is 0 Å². The van der Waals surface area contributed by atoms with Gasteiger partial charge in [0.15, 0.2) is 5.82 Å². The second-order valence-corrected chi connectivity index (χ2v) is 6.07. The molecule has 2 aromatic rings. The summed E-state index contributed by atoms with van der Waals surface area (Å²) in [5, 5.41) is 18.1. The Bertz CT molecular complexity index is 705. The molecule has 24 heavy (non-hydrogen) atoms. The molecule has 0 amide bonds. The maximum Gasteiger partial charge on any atom is 0.360 e. The highest BCUT2D eigenvalue weighted by Crippen LogP contribution is 2.27. The molecule has 0 radical (unpaired) electrons. The van der Waals surface area contributed by atoms with Gasteiger partial charge in [0.05, 0.1) is 12.8 Å². The van der Waals surface area contributed by atoms with Crippen molar-refractivity contribution in [3.05, 3.63) is 30.0 Å². The monoisotopic (exact) mass is 330 g/mol. The van der Waals surface area contributed by atoms with Crippen LogP contribution in [0.25, 0.3) is 5.69 Å². The number of hydrogen-bond donors (Lipinski definition) is 1. The number of benzene rings is 1. The molecule has 1 N–H and O–H groups in total. The average molecular weight is 330 g/mol. The van der Waals surface area contributed by atoms with E-state index >= 15 is 0 Å². The Kier molecular flexibility index (Phi) is 4.69. The number of rotatable bonds is 5. The number of methoxy groups -OCH3 is 1. The van der Waals surface area contributed by atoms with Gasteiger partial charge >= 0.3 is 5.97 Å². The van der Waals surface area contributed by atoms with Crippen LogP contribution in [0, 0.1) is 0 Å². The van der Waals surface area contributed by atoms with Crippen molar-refractivity contribution in [1.29, 1.82) is 0 Å². The first-order valence-corrected chi connectivity index (χ1v) is 8.18. The molecule has 0 saturated heterocycles. The van der Waals surface area contributed by atoms with Gasteiger partial charge in [-0.05, 0) is 37.1 Å². The van der Waals surface area contributed by atoms with Gasteiger partial charge in [-0.15, -0.1) is 15.0 Å². The third kappa shape index (κ3) is 3.20. The van der Waals surface area contributed by atoms with Crippen LogP contribution in [0.4, 0.5) is 5.82 Å². The van der Waals surface area contributed by atoms with Crippen molar-refractivity contribution in [1.82, 2.24) is 15.0 Å². The van der Waals surface area contributed by atoms with Gasteiger partial charge in [-0.1, -0.05) is 19.3 Å². The second kappa shape index (κ2) is 6.90. The van der Waals surface area contributed by atoms with Crippen LogP contribution >= 0.6 is 0 Å². The van der Waals surface area contributed by atoms with Crippen molar-refractivity contribution in [3.8, 4) is 11.4 Å². The summed E-state index contributed by atoms with van der Waals surface area (Å²) in [6.45, 7) is 0. The molecule has 0 aliphatic heterocycles. The Hall–Kier alpha value is -2.57. The highest BCUT2D eigenvalue weighted by atomic mass is 16.5. The zero-order valence-electron chi connectivity index (χ0n) is 14.0. The van der Waals surface area contributed by atoms with Gasteiger partial charge in [0.2, 0.25) is 5.69 Å². The van der Waals surface area contributed by atoms with Crippen LogP contribution < -0.4 is 9.64 Å². The predicted molar refractivity (Wildman–Crippen MR) is 90.1 cm³/mol. The SMILES string of the molecule is COc1ccc(-n2nc(C(=O)O)c(N(C)C3CCCCC3)n2)cc1. The number of nitrogens with zero attached hydrogens (tertiary/aromatic N) is 4. The molecule has 0 spiro atoms. The number of anilines is 1. The number of ether oxygens (including phenoxy) is 1. The molecule has 1 aromatic carbocycles. The van der Waals surface area contributed by atoms with E-state index in [2.05, 4.69) is 10.2 Å². The van der Waals surface area contributed by atoms with Gasteiger partial charge in [-0.3, -0.25) is 0 Å². The van der Waals surface area contributed by atoms with Gasteiger partial charge in [-0.2, -0.15) is 0 Å². The van der Waals surface area contributed by atoms with E-state index in [9.17, 15) is 9.90 Å². The summed E-state index contributed by atoms with van der Waals surface area (Å²) in [6.07, 6.45) is 5.71. The number of aromatic nitrogens is 3. The molecule has 7 nitrogen and oxygen atoms in total. The molecule has 1 aromatic heterocycles. The number of hydrogen-bond acceptors (Lipinski definition) is 5. The Morgan fingerprint density at radius 2 is 1.88 bits per heavy atom. The van der Waals surface area contributed by atoms with Crippen LogP contribution in [0.5, 0.6) is 5.75 Å². The summed E-state index contributed by atoms with van der Waals surface area (Å²) >= 11 is 0. The van der Waals surface area contributed by atoms with Crippen molar-refractivity contribution in [2.24, 2.45) is 0 Å². The highest BCUT2D eigenvalue weighted by Gasteiger charge is 2.27. The maximum absolute atomic E-state index is 11.6. The second-order valence-electron chi connectivity index (χ2n) is 6.07. The molecule has 0 atom stereocenters. The number of carboxylic acids is 1. The Labute approximate surface area is 140 Å². The summed E-state index contributed by atoms with van der Waals surface area (Å²) in [7, 11) is 3.51. The number of carbonyl (C=O) groups is 1. The topological polar surface area (TPSA) is 80.5 Å². The fourth-order valence-electron chi connectivity index (χ4n) is 3.15. The van der Waals surface area contributed by atoms with Gasteiger partial charge in [0.1, 0.15) is 5.75 Å². The fourth-order valence-corrected chi connectivity index (χ4v) is 3.15. The van der Waals surface area contributed by atoms with Crippen molar-refractivity contribution in [2.45, 2.75) is 38.1 Å². The molecule has 1 heterocycles. The van der Waals surface area contributed by atoms with E-state index in [1.807, 2.05) is 11.9 Å². The first-order chi connectivity index (χ1) is 11.6. The van der Waals surface area contributed by atoms with Crippen LogP contribution in [0.1, 0.15) is 42.6 Å². The molecular formula is C17H22N4O3. The van der Waals surface area contributed by atoms with E-state index in [0.29, 0.717) is 17.5 Å². The zero-order valence-corrected chi connectivity index (χ0v) is 14.0. The molecule has 3 rings (SSSR count). The lowest BCUT2D eigenvalue weighted by atomic mass is 9.94. The Morgan fingerprint density at radius 1 is 1.21 bits per heavy atom. The third-order valence-corrected chi connectivity index (χ3v) is 4.56. The standard InChI is InChI=1S/C17H22N4O3/c1-20(12-6-4-3-5-7-12)16-15(17(22)23)18-21(19-16)13-8-10-14(24-2)11-9-13/h8-12H,3-7H2,1-2H3,(H,22,23). The van der Waals surface area contributed by atoms with Gasteiger partial charge in [0.25, 0.3) is 0 Å². The Balaban J connectivity index is 1.93. The largest absolute Gasteiger partial charge is 0.497 e. The summed E-state index contributed by atoms with van der Waals surface area (Å²) in [4.78, 5) is 14.9. The van der Waals surface area contributed by atoms with Gasteiger partial charge in [0, 0.05) is 13.1 Å². The minimum absolute atomic E-state index is 0.0149. The molecule has 0 unspecified atom stereocenters. The summed E-state index contributed by atoms with van der Waals surface area (Å²) < 4.78 is 5.14. The van der Waals surface area contributed by atoms with E-state index in [-0.39, 0.29) is 5.69 Å². The van der Waals surface area contributed by atoms with E-state index in [1.165, 1.54) is 24.1 Å². The van der Waals surface area contributed by atoms with Crippen LogP contribution in [-0.4, -0.2) is 46.3 Å². The van der Waals surface area contributed by atoms with Crippen molar-refractivity contribution < 1.29 is 14.6 Å². The van der Waals surface area contributed by atoms with Crippen LogP contribution in [0.2, 0.25) is 0 Å². The van der Waals surface area contributed by atoms with E-state index in [0.717, 1.165) is 18.6 Å². The van der Waals surface area contributed by atoms with E-state index in [1.54, 1.807) is 31.4 Å². The molecule has 1 aliphatic rings. The number of carboxylic acid groups (broad SMARTS) is 1. The molecule has 1 saturated carbocycles. The first-order valence-electron chi connectivity index (χ1n) is 8.18. The molecular weight excluding hydrogens is 308 g/mol. The third-order valence-electron chi connectivity index (χ3n) is 4.56. The first kappa shape index (κ1) is 16.3. The molecule has 1 fully saturated rings. The minimum Gasteiger partial charge on any atom is -0.497 e. The fraction of sp³-hybridized carbons (Fsp3) is 0.471. The van der Waals surface area contributed by atoms with E-state index < -0.39 is 5.97 Å². The molecule has 7 heteroatoms. The molecule has 0 bridgehead atoms. The van der Waals surface area contributed by atoms with Crippen molar-refractivity contribution >= 4 is 11.8 Å². The summed E-state index contributed by atoms with van der Waals surface area (Å²) in [6, 6.07) is 7.51. The van der Waals surface area contributed by atoms with Gasteiger partial charge in [-0.25, -0.2) is 4.79 Å². The average Bonchev–Trinajstić information content (AvgIpc) is 3.07. The Morgan fingerprint density at radius 3 is 2.46 bits per heavy atom. The lowest BCUT2D eigenvalue weighted by Crippen LogP contribution is -2.34. The lowest BCUT2D eigenvalue weighted by Gasteiger charge is -2.31. The highest BCUT2D eigenvalue weighted by molar-refractivity contribution is 5.91.